The van der Waals surface area contributed by atoms with Gasteiger partial charge in [-0.3, -0.25) is 4.79 Å². The number of fused-ring (bicyclic) bond motifs is 1. The molecule has 2 aromatic carbocycles. The van der Waals surface area contributed by atoms with Crippen LogP contribution in [-0.2, 0) is 14.2 Å². The molecule has 2 aliphatic rings. The Morgan fingerprint density at radius 3 is 2.15 bits per heavy atom. The molecule has 0 saturated carbocycles. The van der Waals surface area contributed by atoms with Crippen molar-refractivity contribution < 1.29 is 58.7 Å². The predicted molar refractivity (Wildman–Crippen MR) is 140 cm³/mol. The summed E-state index contributed by atoms with van der Waals surface area (Å²) in [5.74, 6) is 0.787. The lowest BCUT2D eigenvalue weighted by molar-refractivity contribution is -0.318. The van der Waals surface area contributed by atoms with Crippen LogP contribution >= 0.6 is 0 Å². The molecule has 2 aliphatic heterocycles. The van der Waals surface area contributed by atoms with E-state index in [1.807, 2.05) is 0 Å². The van der Waals surface area contributed by atoms with Gasteiger partial charge >= 0.3 is 0 Å². The van der Waals surface area contributed by atoms with E-state index >= 15 is 0 Å². The first kappa shape index (κ1) is 29.4. The first-order valence-corrected chi connectivity index (χ1v) is 13.0. The van der Waals surface area contributed by atoms with Crippen molar-refractivity contribution in [1.82, 2.24) is 0 Å². The third kappa shape index (κ3) is 5.81. The van der Waals surface area contributed by atoms with Gasteiger partial charge in [0, 0.05) is 6.07 Å². The Balaban J connectivity index is 1.29. The van der Waals surface area contributed by atoms with Gasteiger partial charge in [-0.15, -0.1) is 0 Å². The van der Waals surface area contributed by atoms with E-state index < -0.39 is 68.0 Å². The lowest BCUT2D eigenvalue weighted by Gasteiger charge is -2.42. The van der Waals surface area contributed by atoms with Crippen molar-refractivity contribution in [1.29, 1.82) is 0 Å². The van der Waals surface area contributed by atoms with Crippen molar-refractivity contribution in [2.24, 2.45) is 0 Å². The quantitative estimate of drug-likeness (QED) is 0.211. The lowest BCUT2D eigenvalue weighted by atomic mass is 9.98. The maximum Gasteiger partial charge on any atom is 0.229 e. The van der Waals surface area contributed by atoms with Crippen LogP contribution in [0.2, 0.25) is 0 Å². The number of benzene rings is 2. The molecule has 6 N–H and O–H groups in total. The van der Waals surface area contributed by atoms with Gasteiger partial charge in [0.05, 0.1) is 30.8 Å². The van der Waals surface area contributed by atoms with Crippen LogP contribution in [0, 0.1) is 0 Å². The highest BCUT2D eigenvalue weighted by molar-refractivity contribution is 5.82. The molecule has 0 amide bonds. The summed E-state index contributed by atoms with van der Waals surface area (Å²) in [6.07, 6.45) is -12.9. The Labute approximate surface area is 233 Å². The molecule has 2 fully saturated rings. The number of rotatable bonds is 7. The fourth-order valence-electron chi connectivity index (χ4n) is 4.78. The predicted octanol–water partition coefficient (Wildman–Crippen LogP) is -0.501. The van der Waals surface area contributed by atoms with Crippen LogP contribution in [-0.4, -0.2) is 106 Å². The van der Waals surface area contributed by atoms with E-state index in [1.165, 1.54) is 31.4 Å². The fourth-order valence-corrected chi connectivity index (χ4v) is 4.78. The van der Waals surface area contributed by atoms with Crippen LogP contribution < -0.4 is 14.9 Å². The number of aliphatic hydroxyl groups excluding tert-OH is 6. The normalized spacial score (nSPS) is 34.0. The molecule has 2 saturated heterocycles. The van der Waals surface area contributed by atoms with Crippen molar-refractivity contribution in [2.75, 3.05) is 13.7 Å². The van der Waals surface area contributed by atoms with E-state index in [2.05, 4.69) is 0 Å². The molecule has 0 spiro atoms. The number of ether oxygens (including phenoxy) is 5. The van der Waals surface area contributed by atoms with Crippen molar-refractivity contribution in [3.05, 3.63) is 59.0 Å². The maximum atomic E-state index is 13.1. The largest absolute Gasteiger partial charge is 0.497 e. The Morgan fingerprint density at radius 2 is 1.44 bits per heavy atom. The van der Waals surface area contributed by atoms with E-state index in [1.54, 1.807) is 31.4 Å². The van der Waals surface area contributed by atoms with Crippen LogP contribution in [0.15, 0.2) is 57.9 Å². The highest BCUT2D eigenvalue weighted by Gasteiger charge is 2.47. The van der Waals surface area contributed by atoms with Gasteiger partial charge in [0.15, 0.2) is 11.7 Å². The summed E-state index contributed by atoms with van der Waals surface area (Å²) < 4.78 is 33.1. The summed E-state index contributed by atoms with van der Waals surface area (Å²) >= 11 is 0. The van der Waals surface area contributed by atoms with E-state index in [-0.39, 0.29) is 22.1 Å². The van der Waals surface area contributed by atoms with Crippen LogP contribution in [0.25, 0.3) is 22.1 Å². The summed E-state index contributed by atoms with van der Waals surface area (Å²) in [6.45, 7) is 1.06. The molecule has 5 rings (SSSR count). The summed E-state index contributed by atoms with van der Waals surface area (Å²) in [6, 6.07) is 11.3. The SMILES string of the molecule is COc1ccc(-c2coc3cc(O[C@@H]4O[C@H](CO[C@@H]5O[C@H](C)[C@H](O)[C@@H](O)[C@@H]5O)[C@H](O)[C@H](O)[C@H]4O)ccc3c2=O)cc1. The second-order valence-corrected chi connectivity index (χ2v) is 10.0. The lowest BCUT2D eigenvalue weighted by Crippen LogP contribution is -2.61. The topological polar surface area (TPSA) is 198 Å². The molecule has 41 heavy (non-hydrogen) atoms. The van der Waals surface area contributed by atoms with Crippen LogP contribution in [0.5, 0.6) is 11.5 Å². The molecule has 1 aromatic heterocycles. The average molecular weight is 577 g/mol. The number of hydrogen-bond acceptors (Lipinski definition) is 13. The van der Waals surface area contributed by atoms with Gasteiger partial charge in [-0.25, -0.2) is 0 Å². The molecule has 13 nitrogen and oxygen atoms in total. The molecule has 10 atom stereocenters. The molecule has 222 valence electrons. The third-order valence-corrected chi connectivity index (χ3v) is 7.30. The molecule has 3 aromatic rings. The number of hydrogen-bond donors (Lipinski definition) is 6. The zero-order valence-electron chi connectivity index (χ0n) is 22.1. The molecular weight excluding hydrogens is 544 g/mol. The minimum absolute atomic E-state index is 0.141. The van der Waals surface area contributed by atoms with Crippen molar-refractivity contribution in [3.8, 4) is 22.6 Å². The molecule has 0 unspecified atom stereocenters. The molecule has 3 heterocycles. The van der Waals surface area contributed by atoms with Gasteiger partial charge in [0.2, 0.25) is 6.29 Å². The van der Waals surface area contributed by atoms with Gasteiger partial charge < -0.3 is 58.7 Å². The van der Waals surface area contributed by atoms with Gasteiger partial charge in [0.1, 0.15) is 66.1 Å². The first-order chi connectivity index (χ1) is 19.6. The summed E-state index contributed by atoms with van der Waals surface area (Å²) in [5.41, 5.74) is 0.927. The van der Waals surface area contributed by atoms with E-state index in [4.69, 9.17) is 28.1 Å². The Bertz CT molecular complexity index is 1390. The molecule has 0 radical (unpaired) electrons. The van der Waals surface area contributed by atoms with Gasteiger partial charge in [0.25, 0.3) is 0 Å². The number of aliphatic hydroxyl groups is 6. The summed E-state index contributed by atoms with van der Waals surface area (Å²) in [7, 11) is 1.55. The minimum Gasteiger partial charge on any atom is -0.497 e. The zero-order valence-corrected chi connectivity index (χ0v) is 22.1. The molecule has 0 bridgehead atoms. The van der Waals surface area contributed by atoms with E-state index in [0.29, 0.717) is 16.9 Å². The monoisotopic (exact) mass is 576 g/mol. The van der Waals surface area contributed by atoms with Crippen LogP contribution in [0.4, 0.5) is 0 Å². The second-order valence-electron chi connectivity index (χ2n) is 10.0. The zero-order chi connectivity index (χ0) is 29.4. The van der Waals surface area contributed by atoms with Gasteiger partial charge in [-0.1, -0.05) is 12.1 Å². The van der Waals surface area contributed by atoms with E-state index in [0.717, 1.165) is 0 Å². The minimum atomic E-state index is -1.68. The Hall–Kier alpha value is -3.11. The standard InChI is InChI=1S/C28H32O13/c1-12-20(29)23(32)25(34)27(39-12)38-11-19-22(31)24(33)26(35)28(41-19)40-15-7-8-16-18(9-15)37-10-17(21(16)30)13-3-5-14(36-2)6-4-13/h3-10,12,19-20,22-29,31-35H,11H2,1-2H3/t12-,19-,20+,22+,23-,24+,25+,26-,27-,28-/m1/s1. The molecule has 13 heteroatoms. The highest BCUT2D eigenvalue weighted by atomic mass is 16.7. The Morgan fingerprint density at radius 1 is 0.780 bits per heavy atom. The van der Waals surface area contributed by atoms with Crippen molar-refractivity contribution in [3.63, 3.8) is 0 Å². The average Bonchev–Trinajstić information content (AvgIpc) is 2.98. The fraction of sp³-hybridized carbons (Fsp3) is 0.464. The van der Waals surface area contributed by atoms with Crippen LogP contribution in [0.3, 0.4) is 0 Å². The highest BCUT2D eigenvalue weighted by Crippen LogP contribution is 2.29. The first-order valence-electron chi connectivity index (χ1n) is 13.0. The summed E-state index contributed by atoms with van der Waals surface area (Å²) in [5, 5.41) is 61.6. The summed E-state index contributed by atoms with van der Waals surface area (Å²) in [4.78, 5) is 13.1. The third-order valence-electron chi connectivity index (χ3n) is 7.30. The van der Waals surface area contributed by atoms with E-state index in [9.17, 15) is 35.4 Å². The van der Waals surface area contributed by atoms with Crippen molar-refractivity contribution in [2.45, 2.75) is 68.3 Å². The molecular formula is C28H32O13. The molecule has 0 aliphatic carbocycles. The van der Waals surface area contributed by atoms with Gasteiger partial charge in [-0.2, -0.15) is 0 Å². The Kier molecular flexibility index (Phi) is 8.61. The maximum absolute atomic E-state index is 13.1. The second kappa shape index (κ2) is 12.0. The van der Waals surface area contributed by atoms with Crippen LogP contribution in [0.1, 0.15) is 6.92 Å². The van der Waals surface area contributed by atoms with Gasteiger partial charge in [-0.05, 0) is 36.8 Å². The smallest absolute Gasteiger partial charge is 0.229 e. The van der Waals surface area contributed by atoms with Crippen molar-refractivity contribution >= 4 is 11.0 Å². The number of methoxy groups -OCH3 is 1.